The highest BCUT2D eigenvalue weighted by Gasteiger charge is 2.29. The number of rotatable bonds is 5. The summed E-state index contributed by atoms with van der Waals surface area (Å²) >= 11 is 5.21. The molecule has 0 bridgehead atoms. The molecule has 0 unspecified atom stereocenters. The lowest BCUT2D eigenvalue weighted by atomic mass is 10.1. The van der Waals surface area contributed by atoms with Crippen molar-refractivity contribution in [2.45, 2.75) is 31.7 Å². The molecule has 2 aromatic carbocycles. The fourth-order valence-corrected chi connectivity index (χ4v) is 3.27. The Morgan fingerprint density at radius 2 is 1.69 bits per heavy atom. The number of hydrogen-bond acceptors (Lipinski definition) is 3. The summed E-state index contributed by atoms with van der Waals surface area (Å²) < 4.78 is 43.8. The normalized spacial score (nSPS) is 15.7. The van der Waals surface area contributed by atoms with Gasteiger partial charge >= 0.3 is 6.18 Å². The molecule has 1 aliphatic heterocycles. The molecule has 1 aliphatic rings. The van der Waals surface area contributed by atoms with Crippen LogP contribution in [0.15, 0.2) is 48.5 Å². The van der Waals surface area contributed by atoms with E-state index in [0.717, 1.165) is 49.4 Å². The van der Waals surface area contributed by atoms with Gasteiger partial charge in [0, 0.05) is 25.3 Å². The first-order chi connectivity index (χ1) is 13.8. The number of alkyl halides is 3. The van der Waals surface area contributed by atoms with Crippen molar-refractivity contribution in [1.82, 2.24) is 10.2 Å². The lowest BCUT2D eigenvalue weighted by Gasteiger charge is -2.29. The first-order valence-corrected chi connectivity index (χ1v) is 9.87. The summed E-state index contributed by atoms with van der Waals surface area (Å²) in [5.41, 5.74) is 0.833. The Morgan fingerprint density at radius 3 is 2.28 bits per heavy atom. The van der Waals surface area contributed by atoms with Crippen LogP contribution in [-0.4, -0.2) is 36.3 Å². The van der Waals surface area contributed by atoms with Crippen LogP contribution in [0.1, 0.15) is 24.0 Å². The van der Waals surface area contributed by atoms with E-state index in [1.807, 2.05) is 24.3 Å². The summed E-state index contributed by atoms with van der Waals surface area (Å²) in [7, 11) is 2.12. The molecule has 1 fully saturated rings. The van der Waals surface area contributed by atoms with E-state index >= 15 is 0 Å². The third-order valence-electron chi connectivity index (χ3n) is 4.81. The number of benzene rings is 2. The lowest BCUT2D eigenvalue weighted by molar-refractivity contribution is -0.137. The van der Waals surface area contributed by atoms with Gasteiger partial charge in [0.2, 0.25) is 0 Å². The van der Waals surface area contributed by atoms with Crippen LogP contribution in [0, 0.1) is 0 Å². The summed E-state index contributed by atoms with van der Waals surface area (Å²) in [6.07, 6.45) is -2.02. The van der Waals surface area contributed by atoms with Gasteiger partial charge in [-0.1, -0.05) is 12.1 Å². The minimum Gasteiger partial charge on any atom is -0.490 e. The largest absolute Gasteiger partial charge is 0.490 e. The number of nitrogens with zero attached hydrogens (tertiary/aromatic N) is 1. The van der Waals surface area contributed by atoms with Crippen LogP contribution >= 0.6 is 12.2 Å². The van der Waals surface area contributed by atoms with Crippen molar-refractivity contribution in [3.8, 4) is 5.75 Å². The number of ether oxygens (including phenoxy) is 1. The second-order valence-electron chi connectivity index (χ2n) is 7.15. The fraction of sp³-hybridized carbons (Fsp3) is 0.381. The number of likely N-dealkylation sites (tertiary alicyclic amines) is 1. The van der Waals surface area contributed by atoms with Gasteiger partial charge in [0.05, 0.1) is 5.56 Å². The van der Waals surface area contributed by atoms with Gasteiger partial charge in [-0.3, -0.25) is 0 Å². The second-order valence-corrected chi connectivity index (χ2v) is 7.56. The Morgan fingerprint density at radius 1 is 1.07 bits per heavy atom. The predicted molar refractivity (Wildman–Crippen MR) is 112 cm³/mol. The molecule has 0 saturated carbocycles. The highest BCUT2D eigenvalue weighted by molar-refractivity contribution is 7.80. The Labute approximate surface area is 174 Å². The average Bonchev–Trinajstić information content (AvgIpc) is 2.69. The number of hydrogen-bond donors (Lipinski definition) is 2. The van der Waals surface area contributed by atoms with Gasteiger partial charge in [-0.15, -0.1) is 0 Å². The maximum absolute atomic E-state index is 12.6. The molecule has 1 saturated heterocycles. The summed E-state index contributed by atoms with van der Waals surface area (Å²) in [6, 6.07) is 12.6. The Bertz CT molecular complexity index is 801. The van der Waals surface area contributed by atoms with Gasteiger partial charge in [0.15, 0.2) is 5.11 Å². The number of nitrogens with one attached hydrogen (secondary N) is 2. The molecule has 29 heavy (non-hydrogen) atoms. The van der Waals surface area contributed by atoms with E-state index in [-0.39, 0.29) is 6.10 Å². The third kappa shape index (κ3) is 6.61. The van der Waals surface area contributed by atoms with E-state index in [2.05, 4.69) is 22.6 Å². The monoisotopic (exact) mass is 423 g/mol. The van der Waals surface area contributed by atoms with Crippen molar-refractivity contribution >= 4 is 23.0 Å². The average molecular weight is 424 g/mol. The first kappa shape index (κ1) is 21.4. The molecule has 0 amide bonds. The van der Waals surface area contributed by atoms with Gasteiger partial charge in [0.1, 0.15) is 11.9 Å². The van der Waals surface area contributed by atoms with Crippen molar-refractivity contribution < 1.29 is 17.9 Å². The highest BCUT2D eigenvalue weighted by atomic mass is 32.1. The molecule has 4 nitrogen and oxygen atoms in total. The van der Waals surface area contributed by atoms with Crippen LogP contribution in [0.4, 0.5) is 18.9 Å². The SMILES string of the molecule is CN1CCC(Oc2ccc(CNC(=S)Nc3ccc(C(F)(F)F)cc3)cc2)CC1. The molecule has 0 radical (unpaired) electrons. The van der Waals surface area contributed by atoms with Gasteiger partial charge in [-0.25, -0.2) is 0 Å². The topological polar surface area (TPSA) is 36.5 Å². The van der Waals surface area contributed by atoms with Crippen LogP contribution in [0.5, 0.6) is 5.75 Å². The van der Waals surface area contributed by atoms with Gasteiger partial charge in [-0.05, 0) is 74.1 Å². The molecule has 0 spiro atoms. The number of anilines is 1. The zero-order valence-electron chi connectivity index (χ0n) is 16.1. The van der Waals surface area contributed by atoms with Crippen LogP contribution in [0.2, 0.25) is 0 Å². The molecule has 2 aromatic rings. The second kappa shape index (κ2) is 9.45. The van der Waals surface area contributed by atoms with Gasteiger partial charge < -0.3 is 20.3 Å². The van der Waals surface area contributed by atoms with E-state index < -0.39 is 11.7 Å². The minimum atomic E-state index is -4.35. The van der Waals surface area contributed by atoms with Crippen molar-refractivity contribution in [2.24, 2.45) is 0 Å². The van der Waals surface area contributed by atoms with Crippen molar-refractivity contribution in [1.29, 1.82) is 0 Å². The van der Waals surface area contributed by atoms with Crippen LogP contribution < -0.4 is 15.4 Å². The zero-order valence-corrected chi connectivity index (χ0v) is 16.9. The van der Waals surface area contributed by atoms with Crippen molar-refractivity contribution in [2.75, 3.05) is 25.5 Å². The Balaban J connectivity index is 1.44. The van der Waals surface area contributed by atoms with Crippen LogP contribution in [0.25, 0.3) is 0 Å². The number of piperidine rings is 1. The molecule has 2 N–H and O–H groups in total. The molecule has 156 valence electrons. The molecule has 1 heterocycles. The van der Waals surface area contributed by atoms with E-state index in [1.54, 1.807) is 0 Å². The predicted octanol–water partition coefficient (Wildman–Crippen LogP) is 4.67. The first-order valence-electron chi connectivity index (χ1n) is 9.46. The summed E-state index contributed by atoms with van der Waals surface area (Å²) in [6.45, 7) is 2.60. The number of thiocarbonyl (C=S) groups is 1. The maximum atomic E-state index is 12.6. The van der Waals surface area contributed by atoms with Crippen LogP contribution in [-0.2, 0) is 12.7 Å². The molecule has 8 heteroatoms. The molecular formula is C21H24F3N3OS. The van der Waals surface area contributed by atoms with Crippen LogP contribution in [0.3, 0.4) is 0 Å². The third-order valence-corrected chi connectivity index (χ3v) is 5.06. The zero-order chi connectivity index (χ0) is 20.9. The lowest BCUT2D eigenvalue weighted by Crippen LogP contribution is -2.35. The van der Waals surface area contributed by atoms with Gasteiger partial charge in [-0.2, -0.15) is 13.2 Å². The maximum Gasteiger partial charge on any atom is 0.416 e. The standard InChI is InChI=1S/C21H24F3N3OS/c1-27-12-10-19(11-13-27)28-18-8-2-15(3-9-18)14-25-20(29)26-17-6-4-16(5-7-17)21(22,23)24/h2-9,19H,10-14H2,1H3,(H2,25,26,29). The van der Waals surface area contributed by atoms with E-state index in [9.17, 15) is 13.2 Å². The Kier molecular flexibility index (Phi) is 6.97. The quantitative estimate of drug-likeness (QED) is 0.684. The van der Waals surface area contributed by atoms with Gasteiger partial charge in [0.25, 0.3) is 0 Å². The number of halogens is 3. The van der Waals surface area contributed by atoms with E-state index in [1.165, 1.54) is 12.1 Å². The smallest absolute Gasteiger partial charge is 0.416 e. The van der Waals surface area contributed by atoms with Crippen molar-refractivity contribution in [3.63, 3.8) is 0 Å². The summed E-state index contributed by atoms with van der Waals surface area (Å²) in [4.78, 5) is 2.30. The molecule has 3 rings (SSSR count). The van der Waals surface area contributed by atoms with E-state index in [4.69, 9.17) is 17.0 Å². The summed E-state index contributed by atoms with van der Waals surface area (Å²) in [5, 5.41) is 6.28. The summed E-state index contributed by atoms with van der Waals surface area (Å²) in [5.74, 6) is 0.855. The molecule has 0 aromatic heterocycles. The molecule has 0 atom stereocenters. The Hall–Kier alpha value is -2.32. The van der Waals surface area contributed by atoms with E-state index in [0.29, 0.717) is 17.3 Å². The highest BCUT2D eigenvalue weighted by Crippen LogP contribution is 2.29. The minimum absolute atomic E-state index is 0.260. The fourth-order valence-electron chi connectivity index (χ4n) is 3.08. The van der Waals surface area contributed by atoms with Crippen molar-refractivity contribution in [3.05, 3.63) is 59.7 Å². The molecule has 0 aliphatic carbocycles. The molecular weight excluding hydrogens is 399 g/mol.